The zero-order valence-electron chi connectivity index (χ0n) is 9.53. The average molecular weight is 230 g/mol. The molecule has 84 valence electrons. The highest BCUT2D eigenvalue weighted by Crippen LogP contribution is 2.14. The highest BCUT2D eigenvalue weighted by atomic mass is 35.5. The minimum atomic E-state index is 0.228. The summed E-state index contributed by atoms with van der Waals surface area (Å²) in [5.74, 6) is 1.19. The van der Waals surface area contributed by atoms with Gasteiger partial charge in [0.05, 0.1) is 0 Å². The normalized spacial score (nSPS) is 10.2. The van der Waals surface area contributed by atoms with Gasteiger partial charge < -0.3 is 9.80 Å². The fourth-order valence-electron chi connectivity index (χ4n) is 1.14. The van der Waals surface area contributed by atoms with Gasteiger partial charge in [0.2, 0.25) is 17.2 Å². The molecule has 0 saturated heterocycles. The minimum absolute atomic E-state index is 0.228. The fourth-order valence-corrected chi connectivity index (χ4v) is 1.29. The average Bonchev–Trinajstić information content (AvgIpc) is 2.17. The lowest BCUT2D eigenvalue weighted by Gasteiger charge is -2.18. The third-order valence-electron chi connectivity index (χ3n) is 1.88. The van der Waals surface area contributed by atoms with Crippen LogP contribution in [0.5, 0.6) is 0 Å². The van der Waals surface area contributed by atoms with E-state index in [-0.39, 0.29) is 5.28 Å². The van der Waals surface area contributed by atoms with Crippen LogP contribution < -0.4 is 9.80 Å². The first-order valence-electron chi connectivity index (χ1n) is 4.84. The van der Waals surface area contributed by atoms with Gasteiger partial charge in [-0.3, -0.25) is 0 Å². The van der Waals surface area contributed by atoms with E-state index in [1.54, 1.807) is 4.90 Å². The first-order chi connectivity index (χ1) is 7.04. The zero-order chi connectivity index (χ0) is 11.4. The van der Waals surface area contributed by atoms with Gasteiger partial charge in [-0.1, -0.05) is 6.92 Å². The van der Waals surface area contributed by atoms with E-state index in [0.717, 1.165) is 13.0 Å². The van der Waals surface area contributed by atoms with Crippen molar-refractivity contribution in [3.05, 3.63) is 5.28 Å². The summed E-state index contributed by atoms with van der Waals surface area (Å²) in [7, 11) is 5.68. The molecule has 0 aliphatic carbocycles. The monoisotopic (exact) mass is 229 g/mol. The third kappa shape index (κ3) is 3.20. The number of hydrogen-bond donors (Lipinski definition) is 0. The summed E-state index contributed by atoms with van der Waals surface area (Å²) in [5, 5.41) is 0.228. The molecule has 1 aromatic heterocycles. The smallest absolute Gasteiger partial charge is 0.231 e. The predicted molar refractivity (Wildman–Crippen MR) is 62.7 cm³/mol. The molecule has 0 N–H and O–H groups in total. The van der Waals surface area contributed by atoms with Gasteiger partial charge in [0.25, 0.3) is 0 Å². The quantitative estimate of drug-likeness (QED) is 0.782. The van der Waals surface area contributed by atoms with Crippen LogP contribution in [-0.2, 0) is 0 Å². The molecule has 0 aliphatic rings. The Labute approximate surface area is 95.1 Å². The fraction of sp³-hybridized carbons (Fsp3) is 0.667. The van der Waals surface area contributed by atoms with Gasteiger partial charge in [-0.15, -0.1) is 0 Å². The Morgan fingerprint density at radius 1 is 1.07 bits per heavy atom. The van der Waals surface area contributed by atoms with Crippen molar-refractivity contribution < 1.29 is 0 Å². The van der Waals surface area contributed by atoms with Crippen molar-refractivity contribution >= 4 is 23.5 Å². The van der Waals surface area contributed by atoms with E-state index in [0.29, 0.717) is 11.9 Å². The van der Waals surface area contributed by atoms with Crippen LogP contribution in [0.4, 0.5) is 11.9 Å². The lowest BCUT2D eigenvalue weighted by atomic mass is 10.4. The molecular formula is C9H16ClN5. The Morgan fingerprint density at radius 2 is 1.67 bits per heavy atom. The van der Waals surface area contributed by atoms with Crippen molar-refractivity contribution in [1.29, 1.82) is 0 Å². The highest BCUT2D eigenvalue weighted by Gasteiger charge is 2.09. The largest absolute Gasteiger partial charge is 0.347 e. The molecule has 0 aliphatic heterocycles. The molecule has 15 heavy (non-hydrogen) atoms. The van der Waals surface area contributed by atoms with E-state index in [2.05, 4.69) is 21.9 Å². The number of aromatic nitrogens is 3. The maximum atomic E-state index is 5.82. The molecule has 0 unspecified atom stereocenters. The van der Waals surface area contributed by atoms with Crippen LogP contribution in [0.1, 0.15) is 13.3 Å². The van der Waals surface area contributed by atoms with Crippen LogP contribution in [0.15, 0.2) is 0 Å². The van der Waals surface area contributed by atoms with Gasteiger partial charge in [-0.2, -0.15) is 15.0 Å². The van der Waals surface area contributed by atoms with Crippen molar-refractivity contribution in [3.63, 3.8) is 0 Å². The van der Waals surface area contributed by atoms with Crippen molar-refractivity contribution in [2.75, 3.05) is 37.5 Å². The Morgan fingerprint density at radius 3 is 2.20 bits per heavy atom. The second-order valence-electron chi connectivity index (χ2n) is 3.52. The van der Waals surface area contributed by atoms with Crippen molar-refractivity contribution in [2.24, 2.45) is 0 Å². The van der Waals surface area contributed by atoms with E-state index in [1.165, 1.54) is 0 Å². The molecule has 1 heterocycles. The first kappa shape index (κ1) is 12.0. The molecule has 0 fully saturated rings. The summed E-state index contributed by atoms with van der Waals surface area (Å²) in [4.78, 5) is 16.2. The van der Waals surface area contributed by atoms with E-state index < -0.39 is 0 Å². The Hall–Kier alpha value is -1.10. The maximum absolute atomic E-state index is 5.82. The van der Waals surface area contributed by atoms with Crippen LogP contribution in [0, 0.1) is 0 Å². The van der Waals surface area contributed by atoms with Crippen LogP contribution >= 0.6 is 11.6 Å². The van der Waals surface area contributed by atoms with Crippen molar-refractivity contribution in [2.45, 2.75) is 13.3 Å². The van der Waals surface area contributed by atoms with E-state index >= 15 is 0 Å². The second kappa shape index (κ2) is 5.11. The SMILES string of the molecule is CCCN(C)c1nc(Cl)nc(N(C)C)n1. The summed E-state index contributed by atoms with van der Waals surface area (Å²) >= 11 is 5.82. The number of nitrogens with zero attached hydrogens (tertiary/aromatic N) is 5. The highest BCUT2D eigenvalue weighted by molar-refractivity contribution is 6.28. The molecule has 0 spiro atoms. The summed E-state index contributed by atoms with van der Waals surface area (Å²) < 4.78 is 0. The number of halogens is 1. The summed E-state index contributed by atoms with van der Waals surface area (Å²) in [6, 6.07) is 0. The van der Waals surface area contributed by atoms with E-state index in [4.69, 9.17) is 11.6 Å². The van der Waals surface area contributed by atoms with Gasteiger partial charge in [0.1, 0.15) is 0 Å². The Bertz CT molecular complexity index is 328. The summed E-state index contributed by atoms with van der Waals surface area (Å²) in [5.41, 5.74) is 0. The van der Waals surface area contributed by atoms with Crippen LogP contribution in [0.25, 0.3) is 0 Å². The number of rotatable bonds is 4. The molecule has 0 saturated carbocycles. The second-order valence-corrected chi connectivity index (χ2v) is 3.86. The van der Waals surface area contributed by atoms with Gasteiger partial charge in [0.15, 0.2) is 0 Å². The molecule has 1 rings (SSSR count). The topological polar surface area (TPSA) is 45.2 Å². The standard InChI is InChI=1S/C9H16ClN5/c1-5-6-15(4)9-12-7(10)11-8(13-9)14(2)3/h5-6H2,1-4H3. The molecule has 0 atom stereocenters. The maximum Gasteiger partial charge on any atom is 0.231 e. The minimum Gasteiger partial charge on any atom is -0.347 e. The van der Waals surface area contributed by atoms with Crippen LogP contribution in [0.3, 0.4) is 0 Å². The molecule has 0 amide bonds. The van der Waals surface area contributed by atoms with Crippen molar-refractivity contribution in [1.82, 2.24) is 15.0 Å². The molecular weight excluding hydrogens is 214 g/mol. The van der Waals surface area contributed by atoms with Gasteiger partial charge >= 0.3 is 0 Å². The molecule has 6 heteroatoms. The molecule has 5 nitrogen and oxygen atoms in total. The van der Waals surface area contributed by atoms with Gasteiger partial charge in [-0.05, 0) is 18.0 Å². The lowest BCUT2D eigenvalue weighted by molar-refractivity contribution is 0.806. The molecule has 0 aromatic carbocycles. The van der Waals surface area contributed by atoms with Crippen LogP contribution in [0.2, 0.25) is 5.28 Å². The zero-order valence-corrected chi connectivity index (χ0v) is 10.3. The van der Waals surface area contributed by atoms with Crippen LogP contribution in [-0.4, -0.2) is 42.6 Å². The first-order valence-corrected chi connectivity index (χ1v) is 5.22. The Kier molecular flexibility index (Phi) is 4.08. The van der Waals surface area contributed by atoms with Gasteiger partial charge in [-0.25, -0.2) is 0 Å². The summed E-state index contributed by atoms with van der Waals surface area (Å²) in [6.07, 6.45) is 1.04. The third-order valence-corrected chi connectivity index (χ3v) is 2.05. The predicted octanol–water partition coefficient (Wildman–Crippen LogP) is 1.44. The molecule has 1 aromatic rings. The van der Waals surface area contributed by atoms with E-state index in [1.807, 2.05) is 26.0 Å². The lowest BCUT2D eigenvalue weighted by Crippen LogP contribution is -2.23. The van der Waals surface area contributed by atoms with E-state index in [9.17, 15) is 0 Å². The van der Waals surface area contributed by atoms with Crippen molar-refractivity contribution in [3.8, 4) is 0 Å². The number of hydrogen-bond acceptors (Lipinski definition) is 5. The number of anilines is 2. The molecule has 0 radical (unpaired) electrons. The van der Waals surface area contributed by atoms with Gasteiger partial charge in [0, 0.05) is 27.7 Å². The summed E-state index contributed by atoms with van der Waals surface area (Å²) in [6.45, 7) is 3.00. The molecule has 0 bridgehead atoms. The Balaban J connectivity index is 2.98.